The number of carboxylic acids is 2. The van der Waals surface area contributed by atoms with Crippen molar-refractivity contribution in [3.8, 4) is 0 Å². The van der Waals surface area contributed by atoms with Crippen LogP contribution < -0.4 is 0 Å². The van der Waals surface area contributed by atoms with Crippen LogP contribution in [-0.4, -0.2) is 27.9 Å². The first-order chi connectivity index (χ1) is 7.85. The number of carboxylic acid groups (broad SMARTS) is 2. The molecule has 1 atom stereocenters. The molecule has 0 amide bonds. The molecular weight excluding hydrogens is 224 g/mol. The zero-order valence-corrected chi connectivity index (χ0v) is 10.5. The van der Waals surface area contributed by atoms with Crippen LogP contribution in [0.2, 0.25) is 0 Å². The highest BCUT2D eigenvalue weighted by molar-refractivity contribution is 6.06. The smallest absolute Gasteiger partial charge is 0.317 e. The van der Waals surface area contributed by atoms with Gasteiger partial charge in [-0.15, -0.1) is 0 Å². The lowest BCUT2D eigenvalue weighted by Crippen LogP contribution is -2.44. The van der Waals surface area contributed by atoms with Gasteiger partial charge in [0.25, 0.3) is 0 Å². The molecule has 5 nitrogen and oxygen atoms in total. The van der Waals surface area contributed by atoms with E-state index in [9.17, 15) is 19.5 Å². The van der Waals surface area contributed by atoms with Crippen LogP contribution in [0.4, 0.5) is 0 Å². The number of carbonyl (C=O) groups is 3. The van der Waals surface area contributed by atoms with Gasteiger partial charge in [-0.2, -0.15) is 0 Å². The van der Waals surface area contributed by atoms with E-state index in [2.05, 4.69) is 0 Å². The van der Waals surface area contributed by atoms with E-state index in [1.807, 2.05) is 0 Å². The van der Waals surface area contributed by atoms with Gasteiger partial charge in [0.1, 0.15) is 5.41 Å². The van der Waals surface area contributed by atoms with E-state index in [1.165, 1.54) is 6.92 Å². The average molecular weight is 244 g/mol. The summed E-state index contributed by atoms with van der Waals surface area (Å²) in [6.45, 7) is 5.14. The van der Waals surface area contributed by atoms with Gasteiger partial charge < -0.3 is 10.2 Å². The van der Waals surface area contributed by atoms with Crippen LogP contribution in [0.25, 0.3) is 0 Å². The first-order valence-electron chi connectivity index (χ1n) is 5.85. The lowest BCUT2D eigenvalue weighted by Gasteiger charge is -2.28. The molecule has 5 heteroatoms. The number of carbonyl (C=O) groups excluding carboxylic acids is 1. The number of ketones is 1. The molecule has 0 aliphatic rings. The molecule has 0 bridgehead atoms. The molecule has 0 aromatic rings. The van der Waals surface area contributed by atoms with Gasteiger partial charge in [-0.05, 0) is 19.3 Å². The molecule has 0 aromatic heterocycles. The van der Waals surface area contributed by atoms with Crippen molar-refractivity contribution in [3.05, 3.63) is 0 Å². The second-order valence-electron chi connectivity index (χ2n) is 4.19. The molecule has 0 radical (unpaired) electrons. The summed E-state index contributed by atoms with van der Waals surface area (Å²) in [5.41, 5.74) is -1.78. The SMILES string of the molecule is CCC(CC)C(=O)C(CC)(CC(=O)O)C(=O)O. The van der Waals surface area contributed by atoms with E-state index in [0.29, 0.717) is 12.8 Å². The van der Waals surface area contributed by atoms with Crippen molar-refractivity contribution < 1.29 is 24.6 Å². The maximum atomic E-state index is 12.2. The molecule has 0 rings (SSSR count). The molecule has 17 heavy (non-hydrogen) atoms. The summed E-state index contributed by atoms with van der Waals surface area (Å²) in [5, 5.41) is 18.0. The van der Waals surface area contributed by atoms with E-state index in [4.69, 9.17) is 5.11 Å². The number of hydrogen-bond acceptors (Lipinski definition) is 3. The molecule has 98 valence electrons. The lowest BCUT2D eigenvalue weighted by molar-refractivity contribution is -0.162. The van der Waals surface area contributed by atoms with Gasteiger partial charge in [0.15, 0.2) is 5.78 Å². The van der Waals surface area contributed by atoms with Gasteiger partial charge in [0, 0.05) is 5.92 Å². The molecular formula is C12H20O5. The fraction of sp³-hybridized carbons (Fsp3) is 0.750. The quantitative estimate of drug-likeness (QED) is 0.637. The molecule has 0 aliphatic heterocycles. The van der Waals surface area contributed by atoms with Gasteiger partial charge in [-0.1, -0.05) is 20.8 Å². The normalized spacial score (nSPS) is 14.4. The Bertz CT molecular complexity index is 306. The molecule has 0 saturated carbocycles. The van der Waals surface area contributed by atoms with Gasteiger partial charge in [-0.3, -0.25) is 14.4 Å². The Balaban J connectivity index is 5.35. The summed E-state index contributed by atoms with van der Waals surface area (Å²) in [6, 6.07) is 0. The van der Waals surface area contributed by atoms with Crippen molar-refractivity contribution in [2.75, 3.05) is 0 Å². The standard InChI is InChI=1S/C12H20O5/c1-4-8(5-2)10(15)12(6-3,11(16)17)7-9(13)14/h8H,4-7H2,1-3H3,(H,13,14)(H,16,17). The molecule has 2 N–H and O–H groups in total. The fourth-order valence-corrected chi connectivity index (χ4v) is 2.03. The van der Waals surface area contributed by atoms with Crippen molar-refractivity contribution in [3.63, 3.8) is 0 Å². The Morgan fingerprint density at radius 2 is 1.53 bits per heavy atom. The topological polar surface area (TPSA) is 91.7 Å². The molecule has 0 heterocycles. The van der Waals surface area contributed by atoms with Crippen molar-refractivity contribution in [1.29, 1.82) is 0 Å². The molecule has 0 fully saturated rings. The minimum absolute atomic E-state index is 0.00394. The predicted octanol–water partition coefficient (Wildman–Crippen LogP) is 1.95. The molecule has 0 saturated heterocycles. The van der Waals surface area contributed by atoms with Crippen molar-refractivity contribution in [1.82, 2.24) is 0 Å². The predicted molar refractivity (Wildman–Crippen MR) is 61.7 cm³/mol. The van der Waals surface area contributed by atoms with Gasteiger partial charge in [0.2, 0.25) is 0 Å². The Morgan fingerprint density at radius 1 is 1.06 bits per heavy atom. The zero-order chi connectivity index (χ0) is 13.6. The number of hydrogen-bond donors (Lipinski definition) is 2. The molecule has 0 aliphatic carbocycles. The van der Waals surface area contributed by atoms with Gasteiger partial charge in [0.05, 0.1) is 6.42 Å². The summed E-state index contributed by atoms with van der Waals surface area (Å²) in [4.78, 5) is 34.2. The second-order valence-corrected chi connectivity index (χ2v) is 4.19. The molecule has 0 spiro atoms. The Labute approximate surface area is 101 Å². The average Bonchev–Trinajstić information content (AvgIpc) is 2.26. The highest BCUT2D eigenvalue weighted by Gasteiger charge is 2.47. The van der Waals surface area contributed by atoms with E-state index in [0.717, 1.165) is 0 Å². The van der Waals surface area contributed by atoms with Crippen LogP contribution in [-0.2, 0) is 14.4 Å². The Morgan fingerprint density at radius 3 is 1.76 bits per heavy atom. The fourth-order valence-electron chi connectivity index (χ4n) is 2.03. The summed E-state index contributed by atoms with van der Waals surface area (Å²) in [5.74, 6) is -3.43. The van der Waals surface area contributed by atoms with E-state index in [-0.39, 0.29) is 12.3 Å². The third kappa shape index (κ3) is 3.28. The highest BCUT2D eigenvalue weighted by atomic mass is 16.4. The number of rotatable bonds is 8. The van der Waals surface area contributed by atoms with Crippen molar-refractivity contribution in [2.45, 2.75) is 46.5 Å². The van der Waals surface area contributed by atoms with Crippen LogP contribution in [0.5, 0.6) is 0 Å². The van der Waals surface area contributed by atoms with Crippen LogP contribution >= 0.6 is 0 Å². The summed E-state index contributed by atoms with van der Waals surface area (Å²) in [6.07, 6.45) is 0.423. The third-order valence-corrected chi connectivity index (χ3v) is 3.29. The first-order valence-corrected chi connectivity index (χ1v) is 5.85. The largest absolute Gasteiger partial charge is 0.481 e. The first kappa shape index (κ1) is 15.6. The van der Waals surface area contributed by atoms with Gasteiger partial charge >= 0.3 is 11.9 Å². The lowest BCUT2D eigenvalue weighted by atomic mass is 9.72. The van der Waals surface area contributed by atoms with E-state index in [1.54, 1.807) is 13.8 Å². The second kappa shape index (κ2) is 6.37. The van der Waals surface area contributed by atoms with Crippen LogP contribution in [0.3, 0.4) is 0 Å². The van der Waals surface area contributed by atoms with Gasteiger partial charge in [-0.25, -0.2) is 0 Å². The van der Waals surface area contributed by atoms with Crippen molar-refractivity contribution >= 4 is 17.7 Å². The van der Waals surface area contributed by atoms with Crippen LogP contribution in [0.15, 0.2) is 0 Å². The van der Waals surface area contributed by atoms with E-state index < -0.39 is 29.6 Å². The van der Waals surface area contributed by atoms with E-state index >= 15 is 0 Å². The summed E-state index contributed by atoms with van der Waals surface area (Å²) >= 11 is 0. The minimum atomic E-state index is -1.78. The third-order valence-electron chi connectivity index (χ3n) is 3.29. The number of Topliss-reactive ketones (excluding diaryl/α,β-unsaturated/α-hetero) is 1. The Hall–Kier alpha value is -1.39. The maximum Gasteiger partial charge on any atom is 0.317 e. The van der Waals surface area contributed by atoms with Crippen LogP contribution in [0.1, 0.15) is 46.5 Å². The Kier molecular flexibility index (Phi) is 5.85. The number of aliphatic carboxylic acids is 2. The minimum Gasteiger partial charge on any atom is -0.481 e. The summed E-state index contributed by atoms with van der Waals surface area (Å²) in [7, 11) is 0. The highest BCUT2D eigenvalue weighted by Crippen LogP contribution is 2.33. The molecule has 1 unspecified atom stereocenters. The zero-order valence-electron chi connectivity index (χ0n) is 10.5. The summed E-state index contributed by atoms with van der Waals surface area (Å²) < 4.78 is 0. The maximum absolute atomic E-state index is 12.2. The van der Waals surface area contributed by atoms with Crippen LogP contribution in [0, 0.1) is 11.3 Å². The molecule has 0 aromatic carbocycles. The van der Waals surface area contributed by atoms with Crippen molar-refractivity contribution in [2.24, 2.45) is 11.3 Å². The monoisotopic (exact) mass is 244 g/mol.